The van der Waals surface area contributed by atoms with Crippen molar-refractivity contribution in [3.05, 3.63) is 35.4 Å². The van der Waals surface area contributed by atoms with Gasteiger partial charge in [0.2, 0.25) is 0 Å². The minimum absolute atomic E-state index is 0. The Morgan fingerprint density at radius 2 is 1.71 bits per heavy atom. The number of aliphatic imine (C=N–C) groups is 1. The SMILES string of the molecule is CCNC(=NCc1ccc(CN2CCN(C)CC2)cc1)NC1CN(C(C)C)CC1C.I. The molecule has 1 aromatic rings. The van der Waals surface area contributed by atoms with Crippen LogP contribution in [-0.4, -0.2) is 85.6 Å². The molecule has 2 aliphatic rings. The smallest absolute Gasteiger partial charge is 0.191 e. The van der Waals surface area contributed by atoms with Crippen molar-refractivity contribution in [2.45, 2.75) is 52.9 Å². The highest BCUT2D eigenvalue weighted by atomic mass is 127. The number of nitrogens with one attached hydrogen (secondary N) is 2. The molecule has 2 fully saturated rings. The van der Waals surface area contributed by atoms with Gasteiger partial charge in [-0.15, -0.1) is 24.0 Å². The van der Waals surface area contributed by atoms with E-state index < -0.39 is 0 Å². The maximum absolute atomic E-state index is 4.87. The van der Waals surface area contributed by atoms with Crippen LogP contribution < -0.4 is 10.6 Å². The minimum Gasteiger partial charge on any atom is -0.357 e. The Morgan fingerprint density at radius 1 is 1.06 bits per heavy atom. The molecule has 2 heterocycles. The Bertz CT molecular complexity index is 669. The third-order valence-corrected chi connectivity index (χ3v) is 6.48. The van der Waals surface area contributed by atoms with E-state index >= 15 is 0 Å². The summed E-state index contributed by atoms with van der Waals surface area (Å²) in [4.78, 5) is 12.4. The zero-order valence-electron chi connectivity index (χ0n) is 20.1. The standard InChI is InChI=1S/C24H42N6.HI/c1-6-25-24(27-23-18-30(19(2)3)16-20(23)4)26-15-21-7-9-22(10-8-21)17-29-13-11-28(5)12-14-29;/h7-10,19-20,23H,6,11-18H2,1-5H3,(H2,25,26,27);1H. The summed E-state index contributed by atoms with van der Waals surface area (Å²) in [7, 11) is 2.21. The van der Waals surface area contributed by atoms with E-state index in [-0.39, 0.29) is 24.0 Å². The highest BCUT2D eigenvalue weighted by Crippen LogP contribution is 2.18. The molecule has 2 aliphatic heterocycles. The highest BCUT2D eigenvalue weighted by molar-refractivity contribution is 14.0. The molecule has 0 saturated carbocycles. The molecule has 0 aromatic heterocycles. The molecule has 1 aromatic carbocycles. The van der Waals surface area contributed by atoms with Crippen molar-refractivity contribution in [2.24, 2.45) is 10.9 Å². The monoisotopic (exact) mass is 542 g/mol. The Morgan fingerprint density at radius 3 is 2.29 bits per heavy atom. The number of rotatable bonds is 7. The van der Waals surface area contributed by atoms with Gasteiger partial charge in [0.05, 0.1) is 6.54 Å². The summed E-state index contributed by atoms with van der Waals surface area (Å²) >= 11 is 0. The summed E-state index contributed by atoms with van der Waals surface area (Å²) in [5, 5.41) is 7.10. The van der Waals surface area contributed by atoms with E-state index in [1.54, 1.807) is 0 Å². The normalized spacial score (nSPS) is 23.7. The number of likely N-dealkylation sites (tertiary alicyclic amines) is 1. The molecule has 2 unspecified atom stereocenters. The number of halogens is 1. The third kappa shape index (κ3) is 8.18. The van der Waals surface area contributed by atoms with Gasteiger partial charge in [-0.1, -0.05) is 31.2 Å². The van der Waals surface area contributed by atoms with Gasteiger partial charge >= 0.3 is 0 Å². The zero-order valence-corrected chi connectivity index (χ0v) is 22.4. The first-order valence-electron chi connectivity index (χ1n) is 11.7. The third-order valence-electron chi connectivity index (χ3n) is 6.48. The van der Waals surface area contributed by atoms with Gasteiger partial charge in [-0.05, 0) is 44.9 Å². The molecule has 0 radical (unpaired) electrons. The molecule has 0 spiro atoms. The lowest BCUT2D eigenvalue weighted by molar-refractivity contribution is 0.148. The van der Waals surface area contributed by atoms with Crippen molar-refractivity contribution >= 4 is 29.9 Å². The van der Waals surface area contributed by atoms with E-state index in [2.05, 4.69) is 84.3 Å². The average Bonchev–Trinajstić information content (AvgIpc) is 3.10. The summed E-state index contributed by atoms with van der Waals surface area (Å²) < 4.78 is 0. The lowest BCUT2D eigenvalue weighted by Crippen LogP contribution is -2.46. The van der Waals surface area contributed by atoms with Gasteiger partial charge in [0.1, 0.15) is 0 Å². The molecule has 0 bridgehead atoms. The van der Waals surface area contributed by atoms with Crippen LogP contribution >= 0.6 is 24.0 Å². The molecule has 0 amide bonds. The first kappa shape index (κ1) is 26.4. The summed E-state index contributed by atoms with van der Waals surface area (Å²) in [5.74, 6) is 1.56. The van der Waals surface area contributed by atoms with Crippen LogP contribution in [0.15, 0.2) is 29.3 Å². The van der Waals surface area contributed by atoms with E-state index in [1.165, 1.54) is 24.2 Å². The topological polar surface area (TPSA) is 46.1 Å². The van der Waals surface area contributed by atoms with E-state index in [1.807, 2.05) is 0 Å². The number of hydrogen-bond donors (Lipinski definition) is 2. The highest BCUT2D eigenvalue weighted by Gasteiger charge is 2.31. The van der Waals surface area contributed by atoms with Crippen molar-refractivity contribution in [3.63, 3.8) is 0 Å². The summed E-state index contributed by atoms with van der Waals surface area (Å²) in [6.07, 6.45) is 0. The van der Waals surface area contributed by atoms with Gasteiger partial charge < -0.3 is 15.5 Å². The molecule has 3 rings (SSSR count). The van der Waals surface area contributed by atoms with Crippen LogP contribution in [0.3, 0.4) is 0 Å². The van der Waals surface area contributed by atoms with Crippen molar-refractivity contribution in [2.75, 3.05) is 52.9 Å². The molecule has 2 N–H and O–H groups in total. The quantitative estimate of drug-likeness (QED) is 0.315. The Kier molecular flexibility index (Phi) is 11.0. The van der Waals surface area contributed by atoms with Crippen molar-refractivity contribution in [1.82, 2.24) is 25.3 Å². The fourth-order valence-electron chi connectivity index (χ4n) is 4.29. The summed E-state index contributed by atoms with van der Waals surface area (Å²) in [6.45, 7) is 18.6. The zero-order chi connectivity index (χ0) is 21.5. The predicted molar refractivity (Wildman–Crippen MR) is 142 cm³/mol. The molecule has 176 valence electrons. The fourth-order valence-corrected chi connectivity index (χ4v) is 4.29. The number of likely N-dealkylation sites (N-methyl/N-ethyl adjacent to an activating group) is 1. The van der Waals surface area contributed by atoms with Crippen molar-refractivity contribution in [1.29, 1.82) is 0 Å². The van der Waals surface area contributed by atoms with E-state index in [9.17, 15) is 0 Å². The predicted octanol–water partition coefficient (Wildman–Crippen LogP) is 2.84. The Labute approximate surface area is 206 Å². The van der Waals surface area contributed by atoms with Crippen LogP contribution in [0.2, 0.25) is 0 Å². The average molecular weight is 543 g/mol. The van der Waals surface area contributed by atoms with E-state index in [0.29, 0.717) is 24.5 Å². The van der Waals surface area contributed by atoms with Crippen LogP contribution in [0.5, 0.6) is 0 Å². The lowest BCUT2D eigenvalue weighted by Gasteiger charge is -2.32. The lowest BCUT2D eigenvalue weighted by atomic mass is 10.1. The second kappa shape index (κ2) is 13.0. The number of hydrogen-bond acceptors (Lipinski definition) is 4. The van der Waals surface area contributed by atoms with E-state index in [4.69, 9.17) is 4.99 Å². The van der Waals surface area contributed by atoms with Gasteiger partial charge in [0.25, 0.3) is 0 Å². The molecular formula is C24H43IN6. The van der Waals surface area contributed by atoms with Gasteiger partial charge in [0, 0.05) is 64.4 Å². The van der Waals surface area contributed by atoms with Crippen LogP contribution in [0.25, 0.3) is 0 Å². The maximum atomic E-state index is 4.87. The Balaban J connectivity index is 0.00000341. The van der Waals surface area contributed by atoms with Crippen LogP contribution in [0, 0.1) is 5.92 Å². The van der Waals surface area contributed by atoms with Crippen LogP contribution in [-0.2, 0) is 13.1 Å². The first-order valence-corrected chi connectivity index (χ1v) is 11.7. The van der Waals surface area contributed by atoms with Gasteiger partial charge in [-0.25, -0.2) is 4.99 Å². The molecule has 31 heavy (non-hydrogen) atoms. The van der Waals surface area contributed by atoms with Crippen molar-refractivity contribution in [3.8, 4) is 0 Å². The van der Waals surface area contributed by atoms with Crippen LogP contribution in [0.4, 0.5) is 0 Å². The largest absolute Gasteiger partial charge is 0.357 e. The second-order valence-corrected chi connectivity index (χ2v) is 9.37. The minimum atomic E-state index is 0. The number of benzene rings is 1. The molecule has 6 nitrogen and oxygen atoms in total. The van der Waals surface area contributed by atoms with E-state index in [0.717, 1.165) is 45.2 Å². The fraction of sp³-hybridized carbons (Fsp3) is 0.708. The van der Waals surface area contributed by atoms with Gasteiger partial charge in [-0.3, -0.25) is 9.80 Å². The molecule has 0 aliphatic carbocycles. The number of nitrogens with zero attached hydrogens (tertiary/aromatic N) is 4. The van der Waals surface area contributed by atoms with Crippen LogP contribution in [0.1, 0.15) is 38.8 Å². The number of guanidine groups is 1. The summed E-state index contributed by atoms with van der Waals surface area (Å²) in [5.41, 5.74) is 2.66. The molecule has 7 heteroatoms. The number of piperazine rings is 1. The van der Waals surface area contributed by atoms with Gasteiger partial charge in [0.15, 0.2) is 5.96 Å². The summed E-state index contributed by atoms with van der Waals surface area (Å²) in [6, 6.07) is 10.1. The molecular weight excluding hydrogens is 499 g/mol. The molecule has 2 atom stereocenters. The van der Waals surface area contributed by atoms with Gasteiger partial charge in [-0.2, -0.15) is 0 Å². The Hall–Kier alpha value is -0.900. The first-order chi connectivity index (χ1) is 14.4. The second-order valence-electron chi connectivity index (χ2n) is 9.37. The molecule has 2 saturated heterocycles. The van der Waals surface area contributed by atoms with Crippen molar-refractivity contribution < 1.29 is 0 Å². The maximum Gasteiger partial charge on any atom is 0.191 e.